The lowest BCUT2D eigenvalue weighted by molar-refractivity contribution is 0.0543. The lowest BCUT2D eigenvalue weighted by Gasteiger charge is -2.39. The minimum Gasteiger partial charge on any atom is -0.488 e. The van der Waals surface area contributed by atoms with Crippen LogP contribution in [0, 0.1) is 0 Å². The van der Waals surface area contributed by atoms with Gasteiger partial charge in [0, 0.05) is 42.6 Å². The van der Waals surface area contributed by atoms with Crippen molar-refractivity contribution in [2.75, 3.05) is 37.5 Å². The van der Waals surface area contributed by atoms with E-state index in [9.17, 15) is 13.2 Å². The van der Waals surface area contributed by atoms with E-state index in [0.29, 0.717) is 59.4 Å². The lowest BCUT2D eigenvalue weighted by atomic mass is 9.98. The zero-order valence-corrected chi connectivity index (χ0v) is 23.3. The molecular formula is C26H33N5O6S. The molecule has 3 aromatic heterocycles. The van der Waals surface area contributed by atoms with Crippen molar-refractivity contribution in [3.05, 3.63) is 30.2 Å². The normalized spacial score (nSPS) is 22.2. The molecule has 2 atom stereocenters. The van der Waals surface area contributed by atoms with Gasteiger partial charge in [-0.05, 0) is 46.8 Å². The first-order valence-corrected chi connectivity index (χ1v) is 14.5. The number of aromatic nitrogens is 4. The predicted octanol–water partition coefficient (Wildman–Crippen LogP) is 3.54. The van der Waals surface area contributed by atoms with Gasteiger partial charge in [0.2, 0.25) is 0 Å². The summed E-state index contributed by atoms with van der Waals surface area (Å²) in [4.78, 5) is 29.1. The van der Waals surface area contributed by atoms with Crippen LogP contribution in [0.2, 0.25) is 0 Å². The van der Waals surface area contributed by atoms with Crippen LogP contribution in [0.4, 0.5) is 10.6 Å². The molecule has 1 fully saturated rings. The Bertz CT molecular complexity index is 1510. The van der Waals surface area contributed by atoms with Crippen molar-refractivity contribution in [1.82, 2.24) is 19.5 Å². The van der Waals surface area contributed by atoms with Gasteiger partial charge >= 0.3 is 6.09 Å². The van der Waals surface area contributed by atoms with Crippen molar-refractivity contribution in [2.24, 2.45) is 0 Å². The Morgan fingerprint density at radius 2 is 1.97 bits per heavy atom. The molecule has 5 heterocycles. The molecule has 38 heavy (non-hydrogen) atoms. The van der Waals surface area contributed by atoms with Gasteiger partial charge in [-0.3, -0.25) is 0 Å². The first-order chi connectivity index (χ1) is 17.8. The Morgan fingerprint density at radius 3 is 2.66 bits per heavy atom. The lowest BCUT2D eigenvalue weighted by Crippen LogP contribution is -2.45. The molecule has 3 aromatic rings. The van der Waals surface area contributed by atoms with Crippen LogP contribution < -0.4 is 9.64 Å². The molecular weight excluding hydrogens is 510 g/mol. The maximum absolute atomic E-state index is 13.1. The molecule has 0 amide bonds. The standard InChI is InChI=1S/C26H33N5O6S/c1-16-15-35-14-12-30(16)23-19-20(26(5,9-13-36-19)38(6,33)34)28-21(29-23)17-7-10-27-22-18(17)8-11-31(22)24(32)37-25(2,3)4/h7-8,10-11,16H,9,12-15H2,1-6H3/t16-,26?/m1/s1. The second-order valence-corrected chi connectivity index (χ2v) is 13.5. The van der Waals surface area contributed by atoms with Crippen LogP contribution in [-0.4, -0.2) is 78.3 Å². The number of morpholine rings is 1. The topological polar surface area (TPSA) is 126 Å². The fraction of sp³-hybridized carbons (Fsp3) is 0.538. The van der Waals surface area contributed by atoms with Crippen LogP contribution >= 0.6 is 0 Å². The van der Waals surface area contributed by atoms with E-state index in [2.05, 4.69) is 9.88 Å². The quantitative estimate of drug-likeness (QED) is 0.484. The second-order valence-electron chi connectivity index (χ2n) is 11.0. The van der Waals surface area contributed by atoms with Crippen molar-refractivity contribution in [3.63, 3.8) is 0 Å². The molecule has 204 valence electrons. The van der Waals surface area contributed by atoms with Crippen molar-refractivity contribution in [1.29, 1.82) is 0 Å². The van der Waals surface area contributed by atoms with Crippen LogP contribution in [0.25, 0.3) is 22.4 Å². The summed E-state index contributed by atoms with van der Waals surface area (Å²) in [7, 11) is -3.56. The Kier molecular flexibility index (Phi) is 6.38. The molecule has 0 aliphatic carbocycles. The number of nitrogens with zero attached hydrogens (tertiary/aromatic N) is 5. The van der Waals surface area contributed by atoms with Crippen LogP contribution in [0.3, 0.4) is 0 Å². The monoisotopic (exact) mass is 543 g/mol. The Labute approximate surface area is 222 Å². The number of anilines is 1. The zero-order valence-electron chi connectivity index (χ0n) is 22.5. The summed E-state index contributed by atoms with van der Waals surface area (Å²) in [5.74, 6) is 1.25. The Morgan fingerprint density at radius 1 is 1.21 bits per heavy atom. The summed E-state index contributed by atoms with van der Waals surface area (Å²) < 4.78 is 43.4. The number of sulfone groups is 1. The van der Waals surface area contributed by atoms with Crippen LogP contribution in [0.15, 0.2) is 24.5 Å². The molecule has 2 aliphatic heterocycles. The van der Waals surface area contributed by atoms with Crippen molar-refractivity contribution < 1.29 is 27.4 Å². The van der Waals surface area contributed by atoms with Crippen molar-refractivity contribution in [3.8, 4) is 17.1 Å². The van der Waals surface area contributed by atoms with E-state index in [4.69, 9.17) is 24.2 Å². The number of hydrogen-bond acceptors (Lipinski definition) is 10. The highest BCUT2D eigenvalue weighted by atomic mass is 32.2. The van der Waals surface area contributed by atoms with E-state index >= 15 is 0 Å². The largest absolute Gasteiger partial charge is 0.488 e. The summed E-state index contributed by atoms with van der Waals surface area (Å²) in [6.07, 6.45) is 4.12. The predicted molar refractivity (Wildman–Crippen MR) is 142 cm³/mol. The number of rotatable bonds is 3. The van der Waals surface area contributed by atoms with Gasteiger partial charge in [-0.15, -0.1) is 0 Å². The zero-order chi connectivity index (χ0) is 27.5. The molecule has 12 heteroatoms. The summed E-state index contributed by atoms with van der Waals surface area (Å²) >= 11 is 0. The molecule has 0 radical (unpaired) electrons. The fourth-order valence-electron chi connectivity index (χ4n) is 4.81. The average molecular weight is 544 g/mol. The highest BCUT2D eigenvalue weighted by Gasteiger charge is 2.46. The second kappa shape index (κ2) is 9.19. The smallest absolute Gasteiger partial charge is 0.420 e. The van der Waals surface area contributed by atoms with Gasteiger partial charge in [-0.2, -0.15) is 0 Å². The third kappa shape index (κ3) is 4.49. The third-order valence-electron chi connectivity index (χ3n) is 7.05. The Hall–Kier alpha value is -3.25. The van der Waals surface area contributed by atoms with E-state index in [1.54, 1.807) is 52.2 Å². The molecule has 1 unspecified atom stereocenters. The summed E-state index contributed by atoms with van der Waals surface area (Å²) in [6.45, 7) is 10.9. The highest BCUT2D eigenvalue weighted by molar-refractivity contribution is 7.91. The van der Waals surface area contributed by atoms with Crippen LogP contribution in [-0.2, 0) is 24.1 Å². The summed E-state index contributed by atoms with van der Waals surface area (Å²) in [6, 6.07) is 3.52. The number of fused-ring (bicyclic) bond motifs is 2. The Balaban J connectivity index is 1.73. The van der Waals surface area contributed by atoms with Crippen LogP contribution in [0.5, 0.6) is 5.75 Å². The highest BCUT2D eigenvalue weighted by Crippen LogP contribution is 2.46. The number of ether oxygens (including phenoxy) is 3. The molecule has 0 N–H and O–H groups in total. The van der Waals surface area contributed by atoms with Crippen molar-refractivity contribution in [2.45, 2.75) is 57.4 Å². The molecule has 0 saturated carbocycles. The molecule has 2 aliphatic rings. The molecule has 11 nitrogen and oxygen atoms in total. The van der Waals surface area contributed by atoms with Gasteiger partial charge in [0.15, 0.2) is 27.2 Å². The summed E-state index contributed by atoms with van der Waals surface area (Å²) in [5.41, 5.74) is 0.666. The van der Waals surface area contributed by atoms with E-state index < -0.39 is 26.3 Å². The maximum Gasteiger partial charge on any atom is 0.420 e. The minimum atomic E-state index is -3.56. The van der Waals surface area contributed by atoms with E-state index in [1.165, 1.54) is 10.8 Å². The molecule has 1 saturated heterocycles. The fourth-order valence-corrected chi connectivity index (χ4v) is 5.75. The number of pyridine rings is 1. The minimum absolute atomic E-state index is 0.00340. The molecule has 5 rings (SSSR count). The number of carbonyl (C=O) groups is 1. The van der Waals surface area contributed by atoms with E-state index in [-0.39, 0.29) is 19.1 Å². The molecule has 0 bridgehead atoms. The van der Waals surface area contributed by atoms with Gasteiger partial charge < -0.3 is 19.1 Å². The SMILES string of the molecule is C[C@@H]1COCCN1c1nc(-c2ccnc3c2ccn3C(=O)OC(C)(C)C)nc2c1OCCC2(C)S(C)(=O)=O. The van der Waals surface area contributed by atoms with Gasteiger partial charge in [0.25, 0.3) is 0 Å². The molecule has 0 spiro atoms. The first-order valence-electron chi connectivity index (χ1n) is 12.6. The number of hydrogen-bond donors (Lipinski definition) is 0. The van der Waals surface area contributed by atoms with E-state index in [1.807, 2.05) is 6.92 Å². The number of carbonyl (C=O) groups excluding carboxylic acids is 1. The summed E-state index contributed by atoms with van der Waals surface area (Å²) in [5, 5.41) is 0.636. The first kappa shape index (κ1) is 26.4. The van der Waals surface area contributed by atoms with Crippen molar-refractivity contribution >= 4 is 32.8 Å². The van der Waals surface area contributed by atoms with Gasteiger partial charge in [-0.1, -0.05) is 0 Å². The maximum atomic E-state index is 13.1. The van der Waals surface area contributed by atoms with E-state index in [0.717, 1.165) is 0 Å². The van der Waals surface area contributed by atoms with Gasteiger partial charge in [0.1, 0.15) is 21.7 Å². The molecule has 0 aromatic carbocycles. The van der Waals surface area contributed by atoms with Gasteiger partial charge in [0.05, 0.1) is 25.9 Å². The average Bonchev–Trinajstić information content (AvgIpc) is 3.27. The van der Waals surface area contributed by atoms with Crippen LogP contribution in [0.1, 0.15) is 46.7 Å². The van der Waals surface area contributed by atoms with Gasteiger partial charge in [-0.25, -0.2) is 32.7 Å². The third-order valence-corrected chi connectivity index (χ3v) is 9.09.